The van der Waals surface area contributed by atoms with Crippen LogP contribution in [0.25, 0.3) is 11.1 Å². The van der Waals surface area contributed by atoms with Crippen molar-refractivity contribution in [3.8, 4) is 16.9 Å². The molecule has 0 atom stereocenters. The summed E-state index contributed by atoms with van der Waals surface area (Å²) in [6, 6.07) is 19.1. The standard InChI is InChI=1S/C26H26F4O/c1-2-3-4-5-20-9-13-23(25(27)18-20)12-8-19-6-10-21(11-7-19)22-14-16-24(17-15-22)31-26(28,29)30/h6-7,9-11,13-18H,2-5,8,12H2,1H3. The van der Waals surface area contributed by atoms with Gasteiger partial charge in [0.25, 0.3) is 0 Å². The highest BCUT2D eigenvalue weighted by Gasteiger charge is 2.30. The van der Waals surface area contributed by atoms with Crippen LogP contribution in [0.5, 0.6) is 5.75 Å². The molecule has 0 saturated heterocycles. The maximum Gasteiger partial charge on any atom is 0.573 e. The van der Waals surface area contributed by atoms with Gasteiger partial charge in [0.1, 0.15) is 11.6 Å². The van der Waals surface area contributed by atoms with E-state index in [-0.39, 0.29) is 11.6 Å². The first-order valence-corrected chi connectivity index (χ1v) is 10.6. The first kappa shape index (κ1) is 22.9. The van der Waals surface area contributed by atoms with Crippen LogP contribution in [0.1, 0.15) is 42.9 Å². The quantitative estimate of drug-likeness (QED) is 0.248. The number of hydrogen-bond acceptors (Lipinski definition) is 1. The van der Waals surface area contributed by atoms with Crippen molar-refractivity contribution in [2.45, 2.75) is 51.8 Å². The van der Waals surface area contributed by atoms with Crippen molar-refractivity contribution in [1.82, 2.24) is 0 Å². The van der Waals surface area contributed by atoms with Crippen LogP contribution in [-0.2, 0) is 19.3 Å². The highest BCUT2D eigenvalue weighted by molar-refractivity contribution is 5.64. The number of ether oxygens (including phenoxy) is 1. The molecule has 0 saturated carbocycles. The van der Waals surface area contributed by atoms with E-state index in [2.05, 4.69) is 11.7 Å². The van der Waals surface area contributed by atoms with Gasteiger partial charge in [-0.25, -0.2) is 4.39 Å². The van der Waals surface area contributed by atoms with Crippen molar-refractivity contribution < 1.29 is 22.3 Å². The van der Waals surface area contributed by atoms with Gasteiger partial charge >= 0.3 is 6.36 Å². The Hall–Kier alpha value is -2.82. The topological polar surface area (TPSA) is 9.23 Å². The number of rotatable bonds is 9. The Labute approximate surface area is 180 Å². The number of unbranched alkanes of at least 4 members (excludes halogenated alkanes) is 2. The number of benzene rings is 3. The number of hydrogen-bond donors (Lipinski definition) is 0. The molecular weight excluding hydrogens is 404 g/mol. The molecule has 0 radical (unpaired) electrons. The molecule has 0 unspecified atom stereocenters. The van der Waals surface area contributed by atoms with Crippen LogP contribution in [0.15, 0.2) is 66.7 Å². The molecule has 31 heavy (non-hydrogen) atoms. The predicted molar refractivity (Wildman–Crippen MR) is 116 cm³/mol. The zero-order valence-electron chi connectivity index (χ0n) is 17.5. The summed E-state index contributed by atoms with van der Waals surface area (Å²) in [5.41, 5.74) is 4.53. The fourth-order valence-electron chi connectivity index (χ4n) is 3.52. The lowest BCUT2D eigenvalue weighted by Crippen LogP contribution is -2.16. The van der Waals surface area contributed by atoms with E-state index in [0.29, 0.717) is 18.4 Å². The van der Waals surface area contributed by atoms with Crippen LogP contribution in [-0.4, -0.2) is 6.36 Å². The lowest BCUT2D eigenvalue weighted by molar-refractivity contribution is -0.274. The van der Waals surface area contributed by atoms with E-state index in [1.165, 1.54) is 12.1 Å². The minimum absolute atomic E-state index is 0.146. The Morgan fingerprint density at radius 2 is 1.32 bits per heavy atom. The van der Waals surface area contributed by atoms with Crippen molar-refractivity contribution in [1.29, 1.82) is 0 Å². The Balaban J connectivity index is 1.57. The van der Waals surface area contributed by atoms with Crippen molar-refractivity contribution in [2.24, 2.45) is 0 Å². The summed E-state index contributed by atoms with van der Waals surface area (Å²) in [5.74, 6) is -0.391. The van der Waals surface area contributed by atoms with Gasteiger partial charge < -0.3 is 4.74 Å². The maximum atomic E-state index is 14.4. The molecule has 0 bridgehead atoms. The van der Waals surface area contributed by atoms with E-state index in [9.17, 15) is 17.6 Å². The van der Waals surface area contributed by atoms with Crippen LogP contribution in [0.2, 0.25) is 0 Å². The largest absolute Gasteiger partial charge is 0.573 e. The minimum Gasteiger partial charge on any atom is -0.406 e. The van der Waals surface area contributed by atoms with Crippen LogP contribution in [0.3, 0.4) is 0 Å². The third-order valence-electron chi connectivity index (χ3n) is 5.24. The van der Waals surface area contributed by atoms with Crippen molar-refractivity contribution in [3.05, 3.63) is 89.2 Å². The summed E-state index contributed by atoms with van der Waals surface area (Å²) in [5, 5.41) is 0. The molecule has 3 rings (SSSR count). The summed E-state index contributed by atoms with van der Waals surface area (Å²) in [4.78, 5) is 0. The summed E-state index contributed by atoms with van der Waals surface area (Å²) in [6.45, 7) is 2.15. The van der Waals surface area contributed by atoms with E-state index in [1.54, 1.807) is 18.2 Å². The smallest absolute Gasteiger partial charge is 0.406 e. The van der Waals surface area contributed by atoms with E-state index in [0.717, 1.165) is 47.9 Å². The molecule has 0 spiro atoms. The Kier molecular flexibility index (Phi) is 7.72. The molecule has 164 valence electrons. The second-order valence-corrected chi connectivity index (χ2v) is 7.65. The zero-order valence-corrected chi connectivity index (χ0v) is 17.5. The summed E-state index contributed by atoms with van der Waals surface area (Å²) >= 11 is 0. The molecule has 0 heterocycles. The lowest BCUT2D eigenvalue weighted by atomic mass is 9.98. The first-order chi connectivity index (χ1) is 14.8. The van der Waals surface area contributed by atoms with Crippen LogP contribution in [0, 0.1) is 5.82 Å². The fourth-order valence-corrected chi connectivity index (χ4v) is 3.52. The highest BCUT2D eigenvalue weighted by atomic mass is 19.4. The van der Waals surface area contributed by atoms with Gasteiger partial charge in [0.15, 0.2) is 0 Å². The van der Waals surface area contributed by atoms with Crippen LogP contribution >= 0.6 is 0 Å². The van der Waals surface area contributed by atoms with Gasteiger partial charge in [-0.05, 0) is 71.7 Å². The molecule has 0 aliphatic rings. The maximum absolute atomic E-state index is 14.4. The molecule has 0 amide bonds. The van der Waals surface area contributed by atoms with E-state index < -0.39 is 6.36 Å². The van der Waals surface area contributed by atoms with Gasteiger partial charge in [0.05, 0.1) is 0 Å². The monoisotopic (exact) mass is 430 g/mol. The fraction of sp³-hybridized carbons (Fsp3) is 0.308. The van der Waals surface area contributed by atoms with Gasteiger partial charge in [-0.1, -0.05) is 68.3 Å². The van der Waals surface area contributed by atoms with E-state index in [4.69, 9.17) is 0 Å². The normalized spacial score (nSPS) is 11.5. The third-order valence-corrected chi connectivity index (χ3v) is 5.24. The second kappa shape index (κ2) is 10.5. The molecule has 0 aromatic heterocycles. The van der Waals surface area contributed by atoms with Gasteiger partial charge in [0, 0.05) is 0 Å². The molecule has 0 aliphatic heterocycles. The highest BCUT2D eigenvalue weighted by Crippen LogP contribution is 2.27. The predicted octanol–water partition coefficient (Wildman–Crippen LogP) is 7.91. The van der Waals surface area contributed by atoms with Gasteiger partial charge in [0.2, 0.25) is 0 Å². The summed E-state index contributed by atoms with van der Waals surface area (Å²) in [6.07, 6.45) is 0.935. The number of aryl methyl sites for hydroxylation is 3. The van der Waals surface area contributed by atoms with E-state index >= 15 is 0 Å². The average Bonchev–Trinajstić information content (AvgIpc) is 2.73. The van der Waals surface area contributed by atoms with Gasteiger partial charge in [-0.3, -0.25) is 0 Å². The Morgan fingerprint density at radius 1 is 0.710 bits per heavy atom. The molecule has 0 N–H and O–H groups in total. The Morgan fingerprint density at radius 3 is 1.90 bits per heavy atom. The van der Waals surface area contributed by atoms with Crippen molar-refractivity contribution in [3.63, 3.8) is 0 Å². The number of alkyl halides is 3. The Bertz CT molecular complexity index is 960. The first-order valence-electron chi connectivity index (χ1n) is 10.6. The van der Waals surface area contributed by atoms with Crippen molar-refractivity contribution in [2.75, 3.05) is 0 Å². The zero-order chi connectivity index (χ0) is 22.3. The van der Waals surface area contributed by atoms with E-state index in [1.807, 2.05) is 36.4 Å². The number of halogens is 4. The second-order valence-electron chi connectivity index (χ2n) is 7.65. The molecule has 3 aromatic carbocycles. The van der Waals surface area contributed by atoms with Crippen LogP contribution in [0.4, 0.5) is 17.6 Å². The molecule has 3 aromatic rings. The average molecular weight is 430 g/mol. The lowest BCUT2D eigenvalue weighted by Gasteiger charge is -2.10. The van der Waals surface area contributed by atoms with Crippen LogP contribution < -0.4 is 4.74 Å². The molecule has 0 aliphatic carbocycles. The van der Waals surface area contributed by atoms with Gasteiger partial charge in [-0.2, -0.15) is 0 Å². The van der Waals surface area contributed by atoms with Crippen molar-refractivity contribution >= 4 is 0 Å². The molecule has 5 heteroatoms. The SMILES string of the molecule is CCCCCc1ccc(CCc2ccc(-c3ccc(OC(F)(F)F)cc3)cc2)c(F)c1. The third kappa shape index (κ3) is 7.12. The summed E-state index contributed by atoms with van der Waals surface area (Å²) in [7, 11) is 0. The minimum atomic E-state index is -4.70. The molecule has 1 nitrogen and oxygen atoms in total. The van der Waals surface area contributed by atoms with Gasteiger partial charge in [-0.15, -0.1) is 13.2 Å². The summed E-state index contributed by atoms with van der Waals surface area (Å²) < 4.78 is 55.1. The molecule has 0 fully saturated rings. The molecular formula is C26H26F4O.